The first-order valence-corrected chi connectivity index (χ1v) is 13.3. The molecule has 5 rings (SSSR count). The fourth-order valence-corrected chi connectivity index (χ4v) is 6.83. The minimum Gasteiger partial charge on any atom is -0.433 e. The van der Waals surface area contributed by atoms with Gasteiger partial charge in [-0.25, -0.2) is 8.42 Å². The molecule has 2 saturated heterocycles. The summed E-state index contributed by atoms with van der Waals surface area (Å²) in [4.78, 5) is 21.4. The Hall–Kier alpha value is -3.19. The first kappa shape index (κ1) is 24.5. The van der Waals surface area contributed by atoms with Gasteiger partial charge in [-0.15, -0.1) is 0 Å². The number of carbonyl (C=O) groups is 1. The number of hydrogen-bond donors (Lipinski definition) is 1. The van der Waals surface area contributed by atoms with E-state index >= 15 is 0 Å². The molecule has 1 N–H and O–H groups in total. The molecule has 0 radical (unpaired) electrons. The van der Waals surface area contributed by atoms with Gasteiger partial charge in [-0.3, -0.25) is 19.4 Å². The Kier molecular flexibility index (Phi) is 6.37. The van der Waals surface area contributed by atoms with Crippen LogP contribution in [0.5, 0.6) is 5.75 Å². The fourth-order valence-electron chi connectivity index (χ4n) is 4.74. The summed E-state index contributed by atoms with van der Waals surface area (Å²) >= 11 is 0. The van der Waals surface area contributed by atoms with Gasteiger partial charge in [-0.1, -0.05) is 0 Å². The van der Waals surface area contributed by atoms with Crippen molar-refractivity contribution in [2.75, 3.05) is 24.7 Å². The number of hydrogen-bond acceptors (Lipinski definition) is 8. The second-order valence-corrected chi connectivity index (χ2v) is 11.6. The lowest BCUT2D eigenvalue weighted by atomic mass is 10.0. The van der Waals surface area contributed by atoms with Crippen LogP contribution in [0.2, 0.25) is 0 Å². The van der Waals surface area contributed by atoms with E-state index in [1.54, 1.807) is 13.0 Å². The maximum atomic E-state index is 13.1. The first-order valence-electron chi connectivity index (χ1n) is 11.5. The second kappa shape index (κ2) is 9.36. The predicted octanol–water partition coefficient (Wildman–Crippen LogP) is 2.75. The van der Waals surface area contributed by atoms with Crippen molar-refractivity contribution in [3.63, 3.8) is 0 Å². The average molecular weight is 522 g/mol. The Morgan fingerprint density at radius 3 is 2.72 bits per heavy atom. The molecule has 36 heavy (non-hydrogen) atoms. The fraction of sp³-hybridized carbons (Fsp3) is 0.478. The number of rotatable bonds is 6. The third kappa shape index (κ3) is 5.03. The zero-order valence-electron chi connectivity index (χ0n) is 19.5. The monoisotopic (exact) mass is 521 g/mol. The number of amides is 1. The molecule has 0 bridgehead atoms. The lowest BCUT2D eigenvalue weighted by Gasteiger charge is -2.24. The van der Waals surface area contributed by atoms with E-state index in [2.05, 4.69) is 20.0 Å². The van der Waals surface area contributed by atoms with Crippen molar-refractivity contribution in [1.82, 2.24) is 25.1 Å². The van der Waals surface area contributed by atoms with Crippen LogP contribution in [-0.4, -0.2) is 70.9 Å². The Bertz CT molecular complexity index is 1410. The number of halogens is 2. The topological polar surface area (TPSA) is 125 Å². The number of alkyl halides is 2. The molecule has 0 aromatic carbocycles. The van der Waals surface area contributed by atoms with Gasteiger partial charge in [0.2, 0.25) is 0 Å². The van der Waals surface area contributed by atoms with Crippen molar-refractivity contribution in [2.45, 2.75) is 44.4 Å². The molecule has 0 unspecified atom stereocenters. The van der Waals surface area contributed by atoms with E-state index < -0.39 is 27.9 Å². The van der Waals surface area contributed by atoms with Crippen molar-refractivity contribution in [2.24, 2.45) is 0 Å². The Balaban J connectivity index is 1.54. The van der Waals surface area contributed by atoms with Crippen LogP contribution in [-0.2, 0) is 14.6 Å². The number of aromatic nitrogens is 4. The van der Waals surface area contributed by atoms with E-state index in [9.17, 15) is 22.0 Å². The van der Waals surface area contributed by atoms with Crippen LogP contribution in [0.4, 0.5) is 8.78 Å². The summed E-state index contributed by atoms with van der Waals surface area (Å²) in [6.07, 6.45) is 5.95. The number of ether oxygens (including phenoxy) is 2. The largest absolute Gasteiger partial charge is 0.433 e. The summed E-state index contributed by atoms with van der Waals surface area (Å²) in [7, 11) is -3.20. The second-order valence-electron chi connectivity index (χ2n) is 9.37. The third-order valence-electron chi connectivity index (χ3n) is 6.49. The molecular weight excluding hydrogens is 496 g/mol. The molecule has 0 spiro atoms. The number of carbonyl (C=O) groups excluding carboxylic acids is 1. The van der Waals surface area contributed by atoms with Gasteiger partial charge in [0.15, 0.2) is 9.84 Å². The molecule has 2 aliphatic heterocycles. The van der Waals surface area contributed by atoms with E-state index in [0.29, 0.717) is 54.6 Å². The molecule has 1 atom stereocenters. The summed E-state index contributed by atoms with van der Waals surface area (Å²) < 4.78 is 61.1. The quantitative estimate of drug-likeness (QED) is 0.525. The van der Waals surface area contributed by atoms with E-state index in [1.165, 1.54) is 24.7 Å². The summed E-state index contributed by atoms with van der Waals surface area (Å²) in [6.45, 7) is -0.157. The Morgan fingerprint density at radius 1 is 1.25 bits per heavy atom. The first-order chi connectivity index (χ1) is 17.1. The van der Waals surface area contributed by atoms with Gasteiger partial charge in [0, 0.05) is 36.6 Å². The van der Waals surface area contributed by atoms with Crippen LogP contribution in [0.1, 0.15) is 42.7 Å². The van der Waals surface area contributed by atoms with Gasteiger partial charge in [0.1, 0.15) is 17.1 Å². The predicted molar refractivity (Wildman–Crippen MR) is 126 cm³/mol. The van der Waals surface area contributed by atoms with Crippen molar-refractivity contribution >= 4 is 26.6 Å². The molecule has 2 fully saturated rings. The molecule has 5 heterocycles. The number of fused-ring (bicyclic) bond motifs is 1. The van der Waals surface area contributed by atoms with E-state index in [4.69, 9.17) is 9.84 Å². The SMILES string of the molecule is C[C@]1(NC(=O)c2cc3c(cn2)c(-c2cncc(OC(F)F)c2)nn3C2CCOCC2)CCS(=O)(=O)C1. The standard InChI is InChI=1S/C23H25F2N5O5S/c1-23(4-7-36(32,33)13-23)28-21(31)18-9-19-17(12-27-18)20(29-30(19)15-2-5-34-6-3-15)14-8-16(11-26-10-14)35-22(24)25/h8-12,15,22H,2-7,13H2,1H3,(H,28,31)/t23-/m0/s1. The minimum atomic E-state index is -3.20. The summed E-state index contributed by atoms with van der Waals surface area (Å²) in [5.41, 5.74) is 0.834. The number of nitrogens with zero attached hydrogens (tertiary/aromatic N) is 4. The zero-order chi connectivity index (χ0) is 25.5. The third-order valence-corrected chi connectivity index (χ3v) is 8.39. The lowest BCUT2D eigenvalue weighted by molar-refractivity contribution is -0.0500. The number of pyridine rings is 2. The maximum Gasteiger partial charge on any atom is 0.387 e. The van der Waals surface area contributed by atoms with Gasteiger partial charge < -0.3 is 14.8 Å². The molecular formula is C23H25F2N5O5S. The highest BCUT2D eigenvalue weighted by atomic mass is 32.2. The van der Waals surface area contributed by atoms with Gasteiger partial charge in [0.05, 0.1) is 34.8 Å². The van der Waals surface area contributed by atoms with Crippen LogP contribution in [0, 0.1) is 0 Å². The molecule has 3 aromatic rings. The average Bonchev–Trinajstić information content (AvgIpc) is 3.35. The van der Waals surface area contributed by atoms with Crippen molar-refractivity contribution < 1.29 is 31.5 Å². The molecule has 1 amide bonds. The molecule has 10 nitrogen and oxygen atoms in total. The molecule has 3 aromatic heterocycles. The minimum absolute atomic E-state index is 0.000686. The molecule has 0 aliphatic carbocycles. The molecule has 2 aliphatic rings. The molecule has 13 heteroatoms. The van der Waals surface area contributed by atoms with Crippen molar-refractivity contribution in [3.05, 3.63) is 36.4 Å². The van der Waals surface area contributed by atoms with Crippen LogP contribution in [0.25, 0.3) is 22.2 Å². The lowest BCUT2D eigenvalue weighted by Crippen LogP contribution is -2.47. The summed E-state index contributed by atoms with van der Waals surface area (Å²) in [5.74, 6) is -0.674. The maximum absolute atomic E-state index is 13.1. The van der Waals surface area contributed by atoms with Crippen LogP contribution in [0.3, 0.4) is 0 Å². The van der Waals surface area contributed by atoms with E-state index in [-0.39, 0.29) is 29.0 Å². The summed E-state index contributed by atoms with van der Waals surface area (Å²) in [6, 6.07) is 3.05. The number of nitrogens with one attached hydrogen (secondary N) is 1. The van der Waals surface area contributed by atoms with Gasteiger partial charge >= 0.3 is 6.61 Å². The van der Waals surface area contributed by atoms with Gasteiger partial charge in [0.25, 0.3) is 5.91 Å². The molecule has 192 valence electrons. The van der Waals surface area contributed by atoms with Crippen LogP contribution in [0.15, 0.2) is 30.7 Å². The normalized spacial score (nSPS) is 22.2. The molecule has 0 saturated carbocycles. The Morgan fingerprint density at radius 2 is 2.03 bits per heavy atom. The van der Waals surface area contributed by atoms with Crippen molar-refractivity contribution in [1.29, 1.82) is 0 Å². The van der Waals surface area contributed by atoms with E-state index in [1.807, 2.05) is 4.68 Å². The highest BCUT2D eigenvalue weighted by molar-refractivity contribution is 7.91. The van der Waals surface area contributed by atoms with Crippen molar-refractivity contribution in [3.8, 4) is 17.0 Å². The zero-order valence-corrected chi connectivity index (χ0v) is 20.3. The smallest absolute Gasteiger partial charge is 0.387 e. The van der Waals surface area contributed by atoms with E-state index in [0.717, 1.165) is 0 Å². The van der Waals surface area contributed by atoms with Gasteiger partial charge in [-0.05, 0) is 38.3 Å². The number of sulfone groups is 1. The highest BCUT2D eigenvalue weighted by Gasteiger charge is 2.40. The van der Waals surface area contributed by atoms with Crippen LogP contribution >= 0.6 is 0 Å². The summed E-state index contributed by atoms with van der Waals surface area (Å²) in [5, 5.41) is 8.21. The Labute approximate surface area is 205 Å². The highest BCUT2D eigenvalue weighted by Crippen LogP contribution is 2.34. The van der Waals surface area contributed by atoms with Gasteiger partial charge in [-0.2, -0.15) is 13.9 Å². The van der Waals surface area contributed by atoms with Crippen LogP contribution < -0.4 is 10.1 Å².